The molecule has 0 radical (unpaired) electrons. The number of aromatic nitrogens is 2. The number of nitrogens with two attached hydrogens (primary N) is 1. The molecule has 0 spiro atoms. The van der Waals surface area contributed by atoms with Crippen LogP contribution < -0.4 is 10.5 Å². The van der Waals surface area contributed by atoms with Crippen molar-refractivity contribution in [3.8, 4) is 5.75 Å². The quantitative estimate of drug-likeness (QED) is 0.764. The van der Waals surface area contributed by atoms with E-state index in [2.05, 4.69) is 16.0 Å². The van der Waals surface area contributed by atoms with Crippen molar-refractivity contribution < 1.29 is 4.74 Å². The molecule has 3 rings (SSSR count). The van der Waals surface area contributed by atoms with Crippen LogP contribution >= 0.6 is 0 Å². The van der Waals surface area contributed by atoms with Crippen molar-refractivity contribution in [1.82, 2.24) is 9.97 Å². The number of methoxy groups -OCH3 is 1. The van der Waals surface area contributed by atoms with Gasteiger partial charge in [0, 0.05) is 42.0 Å². The van der Waals surface area contributed by atoms with Crippen LogP contribution in [-0.4, -0.2) is 23.6 Å². The molecular formula is C16H17N3O. The van der Waals surface area contributed by atoms with Crippen molar-refractivity contribution in [3.05, 3.63) is 60.0 Å². The van der Waals surface area contributed by atoms with E-state index in [9.17, 15) is 0 Å². The van der Waals surface area contributed by atoms with Gasteiger partial charge in [-0.25, -0.2) is 0 Å². The highest BCUT2D eigenvalue weighted by molar-refractivity contribution is 5.85. The summed E-state index contributed by atoms with van der Waals surface area (Å²) in [6.45, 7) is 0.538. The van der Waals surface area contributed by atoms with E-state index >= 15 is 0 Å². The summed E-state index contributed by atoms with van der Waals surface area (Å²) in [5, 5.41) is 1.14. The molecule has 0 aliphatic carbocycles. The Morgan fingerprint density at radius 2 is 2.25 bits per heavy atom. The summed E-state index contributed by atoms with van der Waals surface area (Å²) in [6.07, 6.45) is 5.67. The van der Waals surface area contributed by atoms with E-state index < -0.39 is 0 Å². The van der Waals surface area contributed by atoms with E-state index in [0.29, 0.717) is 6.54 Å². The predicted molar refractivity (Wildman–Crippen MR) is 80.0 cm³/mol. The zero-order valence-electron chi connectivity index (χ0n) is 11.3. The van der Waals surface area contributed by atoms with Gasteiger partial charge >= 0.3 is 0 Å². The molecule has 0 aliphatic rings. The van der Waals surface area contributed by atoms with Gasteiger partial charge in [-0.15, -0.1) is 0 Å². The lowest BCUT2D eigenvalue weighted by Gasteiger charge is -2.14. The van der Waals surface area contributed by atoms with E-state index in [0.717, 1.165) is 22.2 Å². The lowest BCUT2D eigenvalue weighted by Crippen LogP contribution is -2.13. The summed E-state index contributed by atoms with van der Waals surface area (Å²) in [6, 6.07) is 10.0. The zero-order chi connectivity index (χ0) is 13.9. The van der Waals surface area contributed by atoms with Crippen LogP contribution in [0, 0.1) is 0 Å². The predicted octanol–water partition coefficient (Wildman–Crippen LogP) is 2.66. The summed E-state index contributed by atoms with van der Waals surface area (Å²) >= 11 is 0. The Hall–Kier alpha value is -2.33. The third kappa shape index (κ3) is 2.14. The highest BCUT2D eigenvalue weighted by Crippen LogP contribution is 2.31. The van der Waals surface area contributed by atoms with Crippen molar-refractivity contribution in [2.45, 2.75) is 5.92 Å². The minimum Gasteiger partial charge on any atom is -0.497 e. The van der Waals surface area contributed by atoms with Crippen LogP contribution in [0.2, 0.25) is 0 Å². The Kier molecular flexibility index (Phi) is 3.39. The molecule has 1 atom stereocenters. The average molecular weight is 267 g/mol. The Morgan fingerprint density at radius 3 is 2.95 bits per heavy atom. The Balaban J connectivity index is 2.12. The number of ether oxygens (including phenoxy) is 1. The molecular weight excluding hydrogens is 250 g/mol. The molecule has 4 nitrogen and oxygen atoms in total. The molecule has 0 saturated carbocycles. The normalized spacial score (nSPS) is 12.5. The molecule has 0 fully saturated rings. The first-order valence-electron chi connectivity index (χ1n) is 6.58. The minimum absolute atomic E-state index is 0.129. The van der Waals surface area contributed by atoms with Crippen LogP contribution in [0.15, 0.2) is 48.9 Å². The van der Waals surface area contributed by atoms with Gasteiger partial charge in [0.1, 0.15) is 5.75 Å². The molecule has 102 valence electrons. The maximum atomic E-state index is 5.98. The van der Waals surface area contributed by atoms with Crippen LogP contribution in [0.3, 0.4) is 0 Å². The first-order valence-corrected chi connectivity index (χ1v) is 6.58. The minimum atomic E-state index is 0.129. The molecule has 4 heteroatoms. The third-order valence-electron chi connectivity index (χ3n) is 3.62. The lowest BCUT2D eigenvalue weighted by atomic mass is 9.92. The van der Waals surface area contributed by atoms with Crippen molar-refractivity contribution in [3.63, 3.8) is 0 Å². The molecule has 1 aromatic carbocycles. The smallest absolute Gasteiger partial charge is 0.119 e. The summed E-state index contributed by atoms with van der Waals surface area (Å²) in [4.78, 5) is 7.48. The Labute approximate surface area is 117 Å². The Morgan fingerprint density at radius 1 is 1.35 bits per heavy atom. The molecule has 2 heterocycles. The van der Waals surface area contributed by atoms with Gasteiger partial charge in [-0.3, -0.25) is 4.98 Å². The molecule has 1 unspecified atom stereocenters. The number of nitrogens with one attached hydrogen (secondary N) is 1. The number of fused-ring (bicyclic) bond motifs is 1. The second kappa shape index (κ2) is 5.35. The fraction of sp³-hybridized carbons (Fsp3) is 0.188. The van der Waals surface area contributed by atoms with Gasteiger partial charge in [-0.2, -0.15) is 0 Å². The number of hydrogen-bond acceptors (Lipinski definition) is 3. The lowest BCUT2D eigenvalue weighted by molar-refractivity contribution is 0.415. The maximum absolute atomic E-state index is 5.98. The molecule has 3 N–H and O–H groups in total. The molecule has 0 bridgehead atoms. The number of rotatable bonds is 4. The van der Waals surface area contributed by atoms with Gasteiger partial charge in [0.05, 0.1) is 7.11 Å². The number of hydrogen-bond donors (Lipinski definition) is 2. The first-order chi connectivity index (χ1) is 9.83. The number of aromatic amines is 1. The highest BCUT2D eigenvalue weighted by atomic mass is 16.5. The summed E-state index contributed by atoms with van der Waals surface area (Å²) < 4.78 is 5.31. The van der Waals surface area contributed by atoms with Crippen molar-refractivity contribution in [2.75, 3.05) is 13.7 Å². The van der Waals surface area contributed by atoms with Gasteiger partial charge in [-0.05, 0) is 35.4 Å². The largest absolute Gasteiger partial charge is 0.497 e. The number of benzene rings is 1. The summed E-state index contributed by atoms with van der Waals surface area (Å²) in [7, 11) is 1.68. The first kappa shape index (κ1) is 12.7. The van der Waals surface area contributed by atoms with Gasteiger partial charge in [0.15, 0.2) is 0 Å². The van der Waals surface area contributed by atoms with Crippen LogP contribution in [0.1, 0.15) is 17.0 Å². The highest BCUT2D eigenvalue weighted by Gasteiger charge is 2.17. The molecule has 2 aromatic heterocycles. The van der Waals surface area contributed by atoms with Gasteiger partial charge in [0.25, 0.3) is 0 Å². The molecule has 20 heavy (non-hydrogen) atoms. The van der Waals surface area contributed by atoms with E-state index in [-0.39, 0.29) is 5.92 Å². The van der Waals surface area contributed by atoms with E-state index in [1.165, 1.54) is 5.56 Å². The summed E-state index contributed by atoms with van der Waals surface area (Å²) in [5.74, 6) is 0.977. The van der Waals surface area contributed by atoms with Crippen LogP contribution in [0.25, 0.3) is 10.9 Å². The van der Waals surface area contributed by atoms with Gasteiger partial charge < -0.3 is 15.5 Å². The van der Waals surface area contributed by atoms with E-state index in [4.69, 9.17) is 10.5 Å². The second-order valence-electron chi connectivity index (χ2n) is 4.73. The molecule has 0 amide bonds. The van der Waals surface area contributed by atoms with Crippen molar-refractivity contribution in [1.29, 1.82) is 0 Å². The molecule has 3 aromatic rings. The fourth-order valence-electron chi connectivity index (χ4n) is 2.56. The van der Waals surface area contributed by atoms with Crippen molar-refractivity contribution in [2.24, 2.45) is 5.73 Å². The Bertz CT molecular complexity index is 706. The number of pyridine rings is 1. The van der Waals surface area contributed by atoms with E-state index in [1.54, 1.807) is 13.3 Å². The van der Waals surface area contributed by atoms with Gasteiger partial charge in [0.2, 0.25) is 0 Å². The van der Waals surface area contributed by atoms with Crippen LogP contribution in [0.5, 0.6) is 5.75 Å². The summed E-state index contributed by atoms with van der Waals surface area (Å²) in [5.41, 5.74) is 9.37. The zero-order valence-corrected chi connectivity index (χ0v) is 11.3. The van der Waals surface area contributed by atoms with Gasteiger partial charge in [-0.1, -0.05) is 6.07 Å². The van der Waals surface area contributed by atoms with Crippen LogP contribution in [-0.2, 0) is 0 Å². The average Bonchev–Trinajstić information content (AvgIpc) is 2.92. The fourth-order valence-corrected chi connectivity index (χ4v) is 2.56. The molecule has 0 saturated heterocycles. The second-order valence-corrected chi connectivity index (χ2v) is 4.73. The SMILES string of the molecule is COc1ccc2[nH]cc(C(CN)c3cccnc3)c2c1. The maximum Gasteiger partial charge on any atom is 0.119 e. The number of nitrogens with zero attached hydrogens (tertiary/aromatic N) is 1. The van der Waals surface area contributed by atoms with E-state index in [1.807, 2.05) is 36.7 Å². The monoisotopic (exact) mass is 267 g/mol. The van der Waals surface area contributed by atoms with Crippen LogP contribution in [0.4, 0.5) is 0 Å². The number of H-pyrrole nitrogens is 1. The standard InChI is InChI=1S/C16H17N3O/c1-20-12-4-5-16-13(7-12)15(10-19-16)14(8-17)11-3-2-6-18-9-11/h2-7,9-10,14,19H,8,17H2,1H3. The third-order valence-corrected chi connectivity index (χ3v) is 3.62. The molecule has 0 aliphatic heterocycles. The van der Waals surface area contributed by atoms with Crippen molar-refractivity contribution >= 4 is 10.9 Å². The topological polar surface area (TPSA) is 63.9 Å².